The number of rotatable bonds is 4. The van der Waals surface area contributed by atoms with Gasteiger partial charge in [0.25, 0.3) is 12.4 Å². The summed E-state index contributed by atoms with van der Waals surface area (Å²) in [6.45, 7) is 7.69. The Kier molecular flexibility index (Phi) is 8.88. The third kappa shape index (κ3) is 4.83. The molecule has 0 aromatic carbocycles. The highest BCUT2D eigenvalue weighted by atomic mass is 16.5. The number of methoxy groups -OCH3 is 1. The Morgan fingerprint density at radius 3 is 2.77 bits per heavy atom. The molecule has 2 N–H and O–H groups in total. The molecular weight excluding hydrogens is 346 g/mol. The molecule has 1 atom stereocenters. The van der Waals surface area contributed by atoms with E-state index in [1.807, 2.05) is 0 Å². The first-order valence-electron chi connectivity index (χ1n) is 7.74. The van der Waals surface area contributed by atoms with Gasteiger partial charge in [0.1, 0.15) is 12.8 Å². The molecule has 1 fully saturated rings. The van der Waals surface area contributed by atoms with E-state index in [-0.39, 0.29) is 42.0 Å². The molecule has 3 rings (SSSR count). The number of nitrogens with one attached hydrogen (secondary N) is 1. The Balaban J connectivity index is 0.000000615. The van der Waals surface area contributed by atoms with Crippen molar-refractivity contribution in [2.45, 2.75) is 6.17 Å². The molecule has 1 unspecified atom stereocenters. The summed E-state index contributed by atoms with van der Waals surface area (Å²) in [7, 11) is 1.54. The summed E-state index contributed by atoms with van der Waals surface area (Å²) in [5.41, 5.74) is 3.03. The van der Waals surface area contributed by atoms with Crippen LogP contribution in [0.25, 0.3) is 0 Å². The van der Waals surface area contributed by atoms with E-state index in [1.165, 1.54) is 16.9 Å². The van der Waals surface area contributed by atoms with Crippen molar-refractivity contribution in [1.29, 1.82) is 0 Å². The van der Waals surface area contributed by atoms with Crippen molar-refractivity contribution in [1.82, 2.24) is 9.58 Å². The van der Waals surface area contributed by atoms with Gasteiger partial charge in [-0.25, -0.2) is 0 Å². The lowest BCUT2D eigenvalue weighted by atomic mass is 10.2. The maximum atomic E-state index is 12.6. The van der Waals surface area contributed by atoms with Gasteiger partial charge in [0, 0.05) is 25.9 Å². The third-order valence-electron chi connectivity index (χ3n) is 3.47. The molecule has 26 heavy (non-hydrogen) atoms. The predicted octanol–water partition coefficient (Wildman–Crippen LogP) is -0.268. The van der Waals surface area contributed by atoms with Crippen LogP contribution in [-0.2, 0) is 14.3 Å². The maximum absolute atomic E-state index is 12.6. The van der Waals surface area contributed by atoms with Crippen LogP contribution in [0.2, 0.25) is 0 Å². The fourth-order valence-electron chi connectivity index (χ4n) is 2.44. The number of carbonyl (C=O) groups is 2. The molecule has 10 heteroatoms. The van der Waals surface area contributed by atoms with E-state index in [9.17, 15) is 9.59 Å². The minimum atomic E-state index is -0.320. The van der Waals surface area contributed by atoms with E-state index in [2.05, 4.69) is 18.6 Å². The van der Waals surface area contributed by atoms with Gasteiger partial charge in [-0.3, -0.25) is 19.1 Å². The topological polar surface area (TPSA) is 119 Å². The molecule has 2 aliphatic rings. The van der Waals surface area contributed by atoms with Gasteiger partial charge in [0.15, 0.2) is 11.4 Å². The molecule has 0 radical (unpaired) electrons. The van der Waals surface area contributed by atoms with Crippen LogP contribution in [0.5, 0.6) is 5.75 Å². The number of amides is 1. The van der Waals surface area contributed by atoms with Crippen LogP contribution in [-0.4, -0.2) is 73.3 Å². The van der Waals surface area contributed by atoms with Crippen LogP contribution in [0.1, 0.15) is 10.5 Å². The van der Waals surface area contributed by atoms with Crippen molar-refractivity contribution in [3.8, 4) is 5.75 Å². The highest BCUT2D eigenvalue weighted by molar-refractivity contribution is 5.96. The molecule has 10 nitrogen and oxygen atoms in total. The van der Waals surface area contributed by atoms with Crippen molar-refractivity contribution in [3.05, 3.63) is 41.3 Å². The molecule has 1 aromatic heterocycles. The van der Waals surface area contributed by atoms with Crippen molar-refractivity contribution in [2.24, 2.45) is 0 Å². The number of fused-ring (bicyclic) bond motifs is 2. The van der Waals surface area contributed by atoms with Gasteiger partial charge < -0.3 is 29.6 Å². The fraction of sp³-hybridized carbons (Fsp3) is 0.438. The standard InChI is InChI=1S/C13H17N3O5.C2H4.CH2O2/c1-19-6-7-21-12-9(17)2-3-16-11(12)13(18)15-4-5-20-8-10(15)14-16;1-2;2-1-3/h2-3,10,14H,4-8H2,1H3;1-2H2;1H,(H,2,3). The van der Waals surface area contributed by atoms with Crippen LogP contribution in [0, 0.1) is 0 Å². The monoisotopic (exact) mass is 369 g/mol. The van der Waals surface area contributed by atoms with Gasteiger partial charge in [-0.15, -0.1) is 13.2 Å². The minimum absolute atomic E-state index is 0.0528. The van der Waals surface area contributed by atoms with Crippen molar-refractivity contribution in [2.75, 3.05) is 45.5 Å². The molecule has 0 saturated carbocycles. The first-order valence-corrected chi connectivity index (χ1v) is 7.74. The van der Waals surface area contributed by atoms with Gasteiger partial charge in [-0.2, -0.15) is 0 Å². The Morgan fingerprint density at radius 2 is 2.12 bits per heavy atom. The number of aromatic nitrogens is 1. The summed E-state index contributed by atoms with van der Waals surface area (Å²) in [5.74, 6) is -0.177. The van der Waals surface area contributed by atoms with Crippen LogP contribution in [0.15, 0.2) is 30.2 Å². The lowest BCUT2D eigenvalue weighted by molar-refractivity contribution is -0.122. The summed E-state index contributed by atoms with van der Waals surface area (Å²) in [6.07, 6.45) is 1.30. The molecule has 0 aliphatic carbocycles. The summed E-state index contributed by atoms with van der Waals surface area (Å²) in [5, 5.41) is 6.89. The van der Waals surface area contributed by atoms with Gasteiger partial charge in [0.05, 0.1) is 19.8 Å². The lowest BCUT2D eigenvalue weighted by Gasteiger charge is -2.41. The van der Waals surface area contributed by atoms with E-state index in [0.717, 1.165) is 0 Å². The predicted molar refractivity (Wildman–Crippen MR) is 93.0 cm³/mol. The quantitative estimate of drug-likeness (QED) is 0.423. The second-order valence-electron chi connectivity index (χ2n) is 4.89. The average molecular weight is 369 g/mol. The van der Waals surface area contributed by atoms with Crippen molar-refractivity contribution >= 4 is 12.4 Å². The molecule has 2 aliphatic heterocycles. The van der Waals surface area contributed by atoms with E-state index >= 15 is 0 Å². The first kappa shape index (κ1) is 21.2. The summed E-state index contributed by atoms with van der Waals surface area (Å²) < 4.78 is 17.2. The Morgan fingerprint density at radius 1 is 1.42 bits per heavy atom. The maximum Gasteiger partial charge on any atom is 0.290 e. The molecule has 144 valence electrons. The smallest absolute Gasteiger partial charge is 0.290 e. The molecule has 0 bridgehead atoms. The Labute approximate surface area is 150 Å². The van der Waals surface area contributed by atoms with Crippen LogP contribution in [0.3, 0.4) is 0 Å². The molecule has 3 heterocycles. The summed E-state index contributed by atoms with van der Waals surface area (Å²) in [4.78, 5) is 34.6. The van der Waals surface area contributed by atoms with Crippen molar-refractivity contribution < 1.29 is 28.9 Å². The molecule has 1 amide bonds. The SMILES string of the molecule is C=C.COCCOc1c2n(ccc1=O)NC1COCCN1C2=O.O=CO. The average Bonchev–Trinajstić information content (AvgIpc) is 2.66. The second kappa shape index (κ2) is 10.9. The zero-order valence-electron chi connectivity index (χ0n) is 14.6. The van der Waals surface area contributed by atoms with Crippen molar-refractivity contribution in [3.63, 3.8) is 0 Å². The van der Waals surface area contributed by atoms with E-state index in [1.54, 1.807) is 12.0 Å². The Hall–Kier alpha value is -2.85. The minimum Gasteiger partial charge on any atom is -0.485 e. The number of hydrogen-bond donors (Lipinski definition) is 2. The van der Waals surface area contributed by atoms with E-state index in [4.69, 9.17) is 24.1 Å². The van der Waals surface area contributed by atoms with Crippen LogP contribution in [0.4, 0.5) is 0 Å². The zero-order chi connectivity index (χ0) is 19.5. The number of nitrogens with zero attached hydrogens (tertiary/aromatic N) is 2. The highest BCUT2D eigenvalue weighted by Gasteiger charge is 2.36. The van der Waals surface area contributed by atoms with Crippen LogP contribution < -0.4 is 15.6 Å². The number of ether oxygens (including phenoxy) is 3. The fourth-order valence-corrected chi connectivity index (χ4v) is 2.44. The highest BCUT2D eigenvalue weighted by Crippen LogP contribution is 2.22. The third-order valence-corrected chi connectivity index (χ3v) is 3.47. The zero-order valence-corrected chi connectivity index (χ0v) is 14.6. The summed E-state index contributed by atoms with van der Waals surface area (Å²) in [6, 6.07) is 1.37. The Bertz CT molecular complexity index is 662. The second-order valence-corrected chi connectivity index (χ2v) is 4.89. The van der Waals surface area contributed by atoms with Gasteiger partial charge in [-0.1, -0.05) is 0 Å². The molecule has 1 saturated heterocycles. The van der Waals surface area contributed by atoms with Crippen LogP contribution >= 0.6 is 0 Å². The molecule has 0 spiro atoms. The van der Waals surface area contributed by atoms with Gasteiger partial charge in [0.2, 0.25) is 5.43 Å². The van der Waals surface area contributed by atoms with Gasteiger partial charge in [-0.05, 0) is 0 Å². The number of hydrogen-bond acceptors (Lipinski definition) is 7. The number of pyridine rings is 1. The number of carbonyl (C=O) groups excluding carboxylic acids is 1. The normalized spacial score (nSPS) is 17.2. The van der Waals surface area contributed by atoms with E-state index < -0.39 is 0 Å². The largest absolute Gasteiger partial charge is 0.485 e. The lowest BCUT2D eigenvalue weighted by Crippen LogP contribution is -2.59. The number of morpholine rings is 1. The first-order chi connectivity index (χ1) is 12.6. The molecular formula is C16H23N3O7. The van der Waals surface area contributed by atoms with E-state index in [0.29, 0.717) is 26.4 Å². The van der Waals surface area contributed by atoms with Gasteiger partial charge >= 0.3 is 0 Å². The molecule has 1 aromatic rings. The number of carboxylic acid groups (broad SMARTS) is 1. The summed E-state index contributed by atoms with van der Waals surface area (Å²) >= 11 is 0.